The van der Waals surface area contributed by atoms with E-state index in [4.69, 9.17) is 0 Å². The number of anilines is 2. The molecule has 2 aliphatic rings. The Kier molecular flexibility index (Phi) is 6.49. The minimum atomic E-state index is -0.0456. The quantitative estimate of drug-likeness (QED) is 0.606. The van der Waals surface area contributed by atoms with Crippen molar-refractivity contribution in [1.29, 1.82) is 0 Å². The van der Waals surface area contributed by atoms with Crippen LogP contribution in [0.3, 0.4) is 0 Å². The number of aryl methyl sites for hydroxylation is 2. The molecule has 0 radical (unpaired) electrons. The average Bonchev–Trinajstić information content (AvgIpc) is 2.84. The average molecular weight is 470 g/mol. The van der Waals surface area contributed by atoms with Gasteiger partial charge in [-0.25, -0.2) is 0 Å². The van der Waals surface area contributed by atoms with Crippen LogP contribution in [-0.4, -0.2) is 53.1 Å². The van der Waals surface area contributed by atoms with Gasteiger partial charge in [0.05, 0.1) is 5.92 Å². The summed E-state index contributed by atoms with van der Waals surface area (Å²) < 4.78 is 0. The van der Waals surface area contributed by atoms with Crippen molar-refractivity contribution in [2.24, 2.45) is 5.92 Å². The fourth-order valence-corrected chi connectivity index (χ4v) is 5.02. The number of piperidine rings is 1. The maximum absolute atomic E-state index is 13.0. The molecule has 2 aromatic carbocycles. The molecule has 2 fully saturated rings. The highest BCUT2D eigenvalue weighted by atomic mass is 16.2. The minimum absolute atomic E-state index is 0.0381. The Morgan fingerprint density at radius 3 is 2.37 bits per heavy atom. The van der Waals surface area contributed by atoms with Crippen molar-refractivity contribution in [3.8, 4) is 0 Å². The van der Waals surface area contributed by atoms with E-state index in [1.807, 2.05) is 55.1 Å². The minimum Gasteiger partial charge on any atom is -0.353 e. The second kappa shape index (κ2) is 9.86. The van der Waals surface area contributed by atoms with Crippen LogP contribution in [0, 0.1) is 19.8 Å². The molecule has 7 nitrogen and oxygen atoms in total. The summed E-state index contributed by atoms with van der Waals surface area (Å²) in [6, 6.07) is 18.0. The summed E-state index contributed by atoms with van der Waals surface area (Å²) >= 11 is 0. The van der Waals surface area contributed by atoms with Crippen LogP contribution in [0.15, 0.2) is 60.8 Å². The monoisotopic (exact) mass is 469 g/mol. The molecule has 180 valence electrons. The van der Waals surface area contributed by atoms with Crippen LogP contribution in [0.1, 0.15) is 45.8 Å². The molecule has 35 heavy (non-hydrogen) atoms. The predicted octanol–water partition coefficient (Wildman–Crippen LogP) is 4.19. The van der Waals surface area contributed by atoms with E-state index in [1.54, 1.807) is 6.20 Å². The lowest BCUT2D eigenvalue weighted by atomic mass is 9.89. The molecule has 1 N–H and O–H groups in total. The normalized spacial score (nSPS) is 16.6. The van der Waals surface area contributed by atoms with Gasteiger partial charge in [0.25, 0.3) is 5.91 Å². The standard InChI is InChI=1S/C28H31N5O2/c1-19-5-10-25(20(2)16-19)28(35)32-14-11-22(12-15-32)21-6-8-24(9-7-21)30-27(34)23-17-33(18-23)26-4-3-13-29-31-26/h3-10,13,16,22-23H,11-12,14-15,17-18H2,1-2H3,(H,30,34). The van der Waals surface area contributed by atoms with Gasteiger partial charge in [0.15, 0.2) is 5.82 Å². The summed E-state index contributed by atoms with van der Waals surface area (Å²) in [5.74, 6) is 1.36. The van der Waals surface area contributed by atoms with E-state index in [0.717, 1.165) is 48.6 Å². The van der Waals surface area contributed by atoms with Crippen molar-refractivity contribution in [3.63, 3.8) is 0 Å². The Morgan fingerprint density at radius 1 is 0.971 bits per heavy atom. The molecule has 2 aliphatic heterocycles. The summed E-state index contributed by atoms with van der Waals surface area (Å²) in [6.45, 7) is 6.89. The van der Waals surface area contributed by atoms with Crippen molar-refractivity contribution in [2.45, 2.75) is 32.6 Å². The Hall–Kier alpha value is -3.74. The Labute approximate surface area is 206 Å². The van der Waals surface area contributed by atoms with E-state index < -0.39 is 0 Å². The molecule has 3 heterocycles. The summed E-state index contributed by atoms with van der Waals surface area (Å²) in [5.41, 5.74) is 5.10. The van der Waals surface area contributed by atoms with Gasteiger partial charge in [0.1, 0.15) is 0 Å². The Morgan fingerprint density at radius 2 is 1.71 bits per heavy atom. The molecule has 0 saturated carbocycles. The molecule has 2 amide bonds. The van der Waals surface area contributed by atoms with E-state index in [0.29, 0.717) is 19.0 Å². The summed E-state index contributed by atoms with van der Waals surface area (Å²) in [4.78, 5) is 29.6. The van der Waals surface area contributed by atoms with Crippen molar-refractivity contribution in [2.75, 3.05) is 36.4 Å². The fourth-order valence-electron chi connectivity index (χ4n) is 5.02. The van der Waals surface area contributed by atoms with Crippen molar-refractivity contribution < 1.29 is 9.59 Å². The number of likely N-dealkylation sites (tertiary alicyclic amines) is 1. The van der Waals surface area contributed by atoms with Gasteiger partial charge in [-0.3, -0.25) is 9.59 Å². The molecular formula is C28H31N5O2. The Balaban J connectivity index is 1.11. The highest BCUT2D eigenvalue weighted by molar-refractivity contribution is 5.96. The maximum atomic E-state index is 13.0. The molecule has 1 aromatic heterocycles. The second-order valence-electron chi connectivity index (χ2n) is 9.68. The number of hydrogen-bond acceptors (Lipinski definition) is 5. The molecule has 5 rings (SSSR count). The maximum Gasteiger partial charge on any atom is 0.254 e. The predicted molar refractivity (Wildman–Crippen MR) is 137 cm³/mol. The first-order valence-electron chi connectivity index (χ1n) is 12.3. The molecule has 3 aromatic rings. The van der Waals surface area contributed by atoms with Gasteiger partial charge in [-0.2, -0.15) is 5.10 Å². The van der Waals surface area contributed by atoms with Gasteiger partial charge >= 0.3 is 0 Å². The lowest BCUT2D eigenvalue weighted by Gasteiger charge is -2.38. The summed E-state index contributed by atoms with van der Waals surface area (Å²) in [5, 5.41) is 11.0. The van der Waals surface area contributed by atoms with Crippen LogP contribution in [0.4, 0.5) is 11.5 Å². The van der Waals surface area contributed by atoms with E-state index in [9.17, 15) is 9.59 Å². The van der Waals surface area contributed by atoms with Crippen LogP contribution in [0.2, 0.25) is 0 Å². The number of rotatable bonds is 5. The first kappa shape index (κ1) is 23.0. The number of nitrogens with one attached hydrogen (secondary N) is 1. The molecule has 0 atom stereocenters. The number of benzene rings is 2. The number of nitrogens with zero attached hydrogens (tertiary/aromatic N) is 4. The zero-order chi connectivity index (χ0) is 24.4. The summed E-state index contributed by atoms with van der Waals surface area (Å²) in [6.07, 6.45) is 3.54. The van der Waals surface area contributed by atoms with E-state index >= 15 is 0 Å². The molecule has 7 heteroatoms. The third-order valence-corrected chi connectivity index (χ3v) is 7.18. The Bertz CT molecular complexity index is 1200. The number of hydrogen-bond donors (Lipinski definition) is 1. The van der Waals surface area contributed by atoms with Gasteiger partial charge < -0.3 is 15.1 Å². The lowest BCUT2D eigenvalue weighted by Crippen LogP contribution is -2.52. The van der Waals surface area contributed by atoms with Crippen LogP contribution >= 0.6 is 0 Å². The number of amides is 2. The van der Waals surface area contributed by atoms with Crippen molar-refractivity contribution in [3.05, 3.63) is 83.0 Å². The van der Waals surface area contributed by atoms with Crippen molar-refractivity contribution in [1.82, 2.24) is 15.1 Å². The SMILES string of the molecule is Cc1ccc(C(=O)N2CCC(c3ccc(NC(=O)C4CN(c5cccnn5)C4)cc3)CC2)c(C)c1. The molecular weight excluding hydrogens is 438 g/mol. The van der Waals surface area contributed by atoms with E-state index in [2.05, 4.69) is 38.6 Å². The van der Waals surface area contributed by atoms with Gasteiger partial charge in [0.2, 0.25) is 5.91 Å². The highest BCUT2D eigenvalue weighted by Crippen LogP contribution is 2.30. The fraction of sp³-hybridized carbons (Fsp3) is 0.357. The second-order valence-corrected chi connectivity index (χ2v) is 9.68. The summed E-state index contributed by atoms with van der Waals surface area (Å²) in [7, 11) is 0. The number of carbonyl (C=O) groups is 2. The first-order valence-corrected chi connectivity index (χ1v) is 12.3. The van der Waals surface area contributed by atoms with E-state index in [1.165, 1.54) is 11.1 Å². The van der Waals surface area contributed by atoms with Crippen molar-refractivity contribution >= 4 is 23.3 Å². The van der Waals surface area contributed by atoms with Crippen LogP contribution in [0.25, 0.3) is 0 Å². The smallest absolute Gasteiger partial charge is 0.254 e. The van der Waals surface area contributed by atoms with E-state index in [-0.39, 0.29) is 17.7 Å². The zero-order valence-corrected chi connectivity index (χ0v) is 20.3. The van der Waals surface area contributed by atoms with Crippen LogP contribution in [-0.2, 0) is 4.79 Å². The molecule has 2 saturated heterocycles. The number of carbonyl (C=O) groups excluding carboxylic acids is 2. The third kappa shape index (κ3) is 5.04. The largest absolute Gasteiger partial charge is 0.353 e. The van der Waals surface area contributed by atoms with Gasteiger partial charge in [-0.05, 0) is 74.1 Å². The molecule has 0 unspecified atom stereocenters. The van der Waals surface area contributed by atoms with Crippen LogP contribution in [0.5, 0.6) is 0 Å². The van der Waals surface area contributed by atoms with Crippen LogP contribution < -0.4 is 10.2 Å². The zero-order valence-electron chi connectivity index (χ0n) is 20.3. The van der Waals surface area contributed by atoms with Gasteiger partial charge in [0, 0.05) is 43.6 Å². The first-order chi connectivity index (χ1) is 17.0. The third-order valence-electron chi connectivity index (χ3n) is 7.18. The number of aromatic nitrogens is 2. The topological polar surface area (TPSA) is 78.4 Å². The molecule has 0 spiro atoms. The molecule has 0 bridgehead atoms. The highest BCUT2D eigenvalue weighted by Gasteiger charge is 2.33. The molecule has 0 aliphatic carbocycles. The lowest BCUT2D eigenvalue weighted by molar-refractivity contribution is -0.120. The van der Waals surface area contributed by atoms with Gasteiger partial charge in [-0.15, -0.1) is 5.10 Å². The van der Waals surface area contributed by atoms with Gasteiger partial charge in [-0.1, -0.05) is 29.8 Å².